The smallest absolute Gasteiger partial charge is 0.370 e. The Labute approximate surface area is 182 Å². The lowest BCUT2D eigenvalue weighted by Crippen LogP contribution is -2.40. The van der Waals surface area contributed by atoms with Crippen molar-refractivity contribution in [2.45, 2.75) is 44.9 Å². The number of hydrogen-bond donors (Lipinski definition) is 0. The van der Waals surface area contributed by atoms with Gasteiger partial charge in [0.25, 0.3) is 0 Å². The van der Waals surface area contributed by atoms with Crippen molar-refractivity contribution in [3.63, 3.8) is 0 Å². The number of halogens is 3. The molecule has 1 atom stereocenters. The standard InChI is InChI=1S/C21H24F3N7O/c1-11-12(2)27-19-18(26-11)17(13-6-15(7-13)21(22,23)24)28-20(29-19)31-4-5-32-16(10-31)14-8-25-30(3)9-14/h8-9,13,15-16H,4-7,10H2,1-3H3/t13-,15-,16-/m0/s1. The first-order chi connectivity index (χ1) is 15.2. The van der Waals surface area contributed by atoms with Crippen molar-refractivity contribution in [3.05, 3.63) is 35.0 Å². The Bertz CT molecular complexity index is 1160. The first-order valence-electron chi connectivity index (χ1n) is 10.6. The van der Waals surface area contributed by atoms with E-state index in [9.17, 15) is 13.2 Å². The molecule has 2 aliphatic rings. The SMILES string of the molecule is Cc1nc2nc(N3CCO[C@H](c4cnn(C)c4)C3)nc([C@H]3C[C@H](C(F)(F)F)C3)c2nc1C. The summed E-state index contributed by atoms with van der Waals surface area (Å²) in [4.78, 5) is 20.5. The fourth-order valence-corrected chi connectivity index (χ4v) is 4.29. The minimum Gasteiger partial charge on any atom is -0.370 e. The third-order valence-corrected chi connectivity index (χ3v) is 6.39. The molecule has 2 fully saturated rings. The summed E-state index contributed by atoms with van der Waals surface area (Å²) in [6.07, 6.45) is -0.657. The van der Waals surface area contributed by atoms with E-state index in [0.29, 0.717) is 42.5 Å². The maximum atomic E-state index is 13.1. The third-order valence-electron chi connectivity index (χ3n) is 6.39. The minimum absolute atomic E-state index is 0.0189. The summed E-state index contributed by atoms with van der Waals surface area (Å²) in [5.41, 5.74) is 3.91. The molecule has 170 valence electrons. The molecule has 3 aromatic rings. The second-order valence-electron chi connectivity index (χ2n) is 8.64. The number of aromatic nitrogens is 6. The van der Waals surface area contributed by atoms with Gasteiger partial charge in [-0.3, -0.25) is 4.68 Å². The molecule has 3 aromatic heterocycles. The van der Waals surface area contributed by atoms with Crippen molar-refractivity contribution in [2.24, 2.45) is 13.0 Å². The molecule has 4 heterocycles. The van der Waals surface area contributed by atoms with Crippen molar-refractivity contribution >= 4 is 17.1 Å². The lowest BCUT2D eigenvalue weighted by molar-refractivity contribution is -0.197. The number of hydrogen-bond acceptors (Lipinski definition) is 7. The summed E-state index contributed by atoms with van der Waals surface area (Å²) in [6, 6.07) is 0. The molecule has 11 heteroatoms. The maximum Gasteiger partial charge on any atom is 0.391 e. The molecule has 8 nitrogen and oxygen atoms in total. The normalized spacial score (nSPS) is 24.1. The van der Waals surface area contributed by atoms with Crippen LogP contribution in [0, 0.1) is 19.8 Å². The van der Waals surface area contributed by atoms with Gasteiger partial charge < -0.3 is 9.64 Å². The molecule has 0 amide bonds. The second-order valence-corrected chi connectivity index (χ2v) is 8.64. The first kappa shape index (κ1) is 21.0. The van der Waals surface area contributed by atoms with E-state index in [1.54, 1.807) is 10.9 Å². The van der Waals surface area contributed by atoms with Crippen LogP contribution >= 0.6 is 0 Å². The number of morpholine rings is 1. The van der Waals surface area contributed by atoms with E-state index in [0.717, 1.165) is 17.0 Å². The number of anilines is 1. The first-order valence-corrected chi connectivity index (χ1v) is 10.6. The van der Waals surface area contributed by atoms with Crippen LogP contribution in [0.5, 0.6) is 0 Å². The number of alkyl halides is 3. The zero-order valence-electron chi connectivity index (χ0n) is 18.1. The number of rotatable bonds is 3. The number of nitrogens with zero attached hydrogens (tertiary/aromatic N) is 7. The van der Waals surface area contributed by atoms with Crippen molar-refractivity contribution in [1.82, 2.24) is 29.7 Å². The number of aryl methyl sites for hydroxylation is 3. The van der Waals surface area contributed by atoms with E-state index in [1.807, 2.05) is 32.0 Å². The molecule has 1 saturated heterocycles. The zero-order chi connectivity index (χ0) is 22.6. The summed E-state index contributed by atoms with van der Waals surface area (Å²) in [5.74, 6) is -1.14. The average Bonchev–Trinajstić information content (AvgIpc) is 3.13. The second kappa shape index (κ2) is 7.65. The maximum absolute atomic E-state index is 13.1. The van der Waals surface area contributed by atoms with Crippen LogP contribution in [0.3, 0.4) is 0 Å². The van der Waals surface area contributed by atoms with E-state index in [1.165, 1.54) is 0 Å². The Morgan fingerprint density at radius 2 is 1.81 bits per heavy atom. The van der Waals surface area contributed by atoms with E-state index in [4.69, 9.17) is 9.72 Å². The highest BCUT2D eigenvalue weighted by Crippen LogP contribution is 2.50. The fourth-order valence-electron chi connectivity index (χ4n) is 4.29. The molecule has 32 heavy (non-hydrogen) atoms. The van der Waals surface area contributed by atoms with Gasteiger partial charge in [-0.2, -0.15) is 23.3 Å². The van der Waals surface area contributed by atoms with Gasteiger partial charge in [0, 0.05) is 31.3 Å². The summed E-state index contributed by atoms with van der Waals surface area (Å²) < 4.78 is 46.9. The molecule has 1 saturated carbocycles. The lowest BCUT2D eigenvalue weighted by atomic mass is 9.72. The predicted octanol–water partition coefficient (Wildman–Crippen LogP) is 3.40. The molecule has 1 aliphatic carbocycles. The molecule has 1 aliphatic heterocycles. The number of ether oxygens (including phenoxy) is 1. The van der Waals surface area contributed by atoms with Gasteiger partial charge in [-0.25, -0.2) is 15.0 Å². The van der Waals surface area contributed by atoms with E-state index in [2.05, 4.69) is 20.1 Å². The van der Waals surface area contributed by atoms with Crippen LogP contribution in [0.1, 0.15) is 47.5 Å². The van der Waals surface area contributed by atoms with Gasteiger partial charge in [-0.15, -0.1) is 0 Å². The van der Waals surface area contributed by atoms with Crippen molar-refractivity contribution in [2.75, 3.05) is 24.6 Å². The van der Waals surface area contributed by atoms with Crippen LogP contribution < -0.4 is 4.90 Å². The van der Waals surface area contributed by atoms with Gasteiger partial charge >= 0.3 is 6.18 Å². The van der Waals surface area contributed by atoms with Crippen LogP contribution in [-0.4, -0.2) is 55.6 Å². The Balaban J connectivity index is 1.50. The van der Waals surface area contributed by atoms with Gasteiger partial charge in [0.1, 0.15) is 11.6 Å². The Hall–Kier alpha value is -2.82. The largest absolute Gasteiger partial charge is 0.391 e. The molecule has 0 N–H and O–H groups in total. The highest BCUT2D eigenvalue weighted by molar-refractivity contribution is 5.75. The third kappa shape index (κ3) is 3.78. The Kier molecular flexibility index (Phi) is 5.03. The minimum atomic E-state index is -4.18. The van der Waals surface area contributed by atoms with Gasteiger partial charge in [-0.05, 0) is 26.7 Å². The van der Waals surface area contributed by atoms with E-state index >= 15 is 0 Å². The fraction of sp³-hybridized carbons (Fsp3) is 0.571. The number of fused-ring (bicyclic) bond motifs is 1. The van der Waals surface area contributed by atoms with Crippen LogP contribution in [0.25, 0.3) is 11.2 Å². The molecular formula is C21H24F3N7O. The highest BCUT2D eigenvalue weighted by atomic mass is 19.4. The topological polar surface area (TPSA) is 81.9 Å². The van der Waals surface area contributed by atoms with Crippen molar-refractivity contribution < 1.29 is 17.9 Å². The van der Waals surface area contributed by atoms with Gasteiger partial charge in [0.2, 0.25) is 5.95 Å². The molecule has 0 aromatic carbocycles. The molecule has 5 rings (SSSR count). The molecule has 0 bridgehead atoms. The predicted molar refractivity (Wildman–Crippen MR) is 110 cm³/mol. The summed E-state index contributed by atoms with van der Waals surface area (Å²) in [7, 11) is 1.85. The monoisotopic (exact) mass is 447 g/mol. The highest BCUT2D eigenvalue weighted by Gasteiger charge is 2.49. The van der Waals surface area contributed by atoms with Crippen LogP contribution in [-0.2, 0) is 11.8 Å². The average molecular weight is 447 g/mol. The van der Waals surface area contributed by atoms with Crippen molar-refractivity contribution in [1.29, 1.82) is 0 Å². The van der Waals surface area contributed by atoms with Crippen LogP contribution in [0.4, 0.5) is 19.1 Å². The molecular weight excluding hydrogens is 423 g/mol. The molecule has 0 radical (unpaired) electrons. The van der Waals surface area contributed by atoms with E-state index < -0.39 is 12.1 Å². The zero-order valence-corrected chi connectivity index (χ0v) is 18.1. The van der Waals surface area contributed by atoms with Crippen LogP contribution in [0.2, 0.25) is 0 Å². The summed E-state index contributed by atoms with van der Waals surface area (Å²) in [6.45, 7) is 5.26. The van der Waals surface area contributed by atoms with Gasteiger partial charge in [0.05, 0.1) is 42.3 Å². The van der Waals surface area contributed by atoms with Gasteiger partial charge in [-0.1, -0.05) is 0 Å². The Morgan fingerprint density at radius 1 is 1.06 bits per heavy atom. The van der Waals surface area contributed by atoms with Crippen LogP contribution in [0.15, 0.2) is 12.4 Å². The molecule has 0 spiro atoms. The van der Waals surface area contributed by atoms with Crippen molar-refractivity contribution in [3.8, 4) is 0 Å². The quantitative estimate of drug-likeness (QED) is 0.609. The lowest BCUT2D eigenvalue weighted by Gasteiger charge is -2.37. The summed E-state index contributed by atoms with van der Waals surface area (Å²) in [5, 5.41) is 4.21. The molecule has 0 unspecified atom stereocenters. The summed E-state index contributed by atoms with van der Waals surface area (Å²) >= 11 is 0. The van der Waals surface area contributed by atoms with E-state index in [-0.39, 0.29) is 24.9 Å². The van der Waals surface area contributed by atoms with Gasteiger partial charge in [0.15, 0.2) is 5.65 Å². The Morgan fingerprint density at radius 3 is 2.50 bits per heavy atom.